The van der Waals surface area contributed by atoms with Crippen molar-refractivity contribution in [2.45, 2.75) is 6.54 Å². The van der Waals surface area contributed by atoms with Crippen molar-refractivity contribution in [3.8, 4) is 5.75 Å². The third kappa shape index (κ3) is 3.81. The highest BCUT2D eigenvalue weighted by molar-refractivity contribution is 9.10. The summed E-state index contributed by atoms with van der Waals surface area (Å²) < 4.78 is 6.66. The fraction of sp³-hybridized carbons (Fsp3) is 0.455. The van der Waals surface area contributed by atoms with Gasteiger partial charge in [-0.1, -0.05) is 12.1 Å². The van der Waals surface area contributed by atoms with Gasteiger partial charge in [0.15, 0.2) is 0 Å². The first kappa shape index (κ1) is 12.5. The Morgan fingerprint density at radius 3 is 2.73 bits per heavy atom. The lowest BCUT2D eigenvalue weighted by Crippen LogP contribution is -2.20. The lowest BCUT2D eigenvalue weighted by atomic mass is 10.2. The quantitative estimate of drug-likeness (QED) is 0.889. The van der Waals surface area contributed by atoms with Crippen LogP contribution in [-0.2, 0) is 6.54 Å². The minimum absolute atomic E-state index is 0.497. The summed E-state index contributed by atoms with van der Waals surface area (Å²) in [5.41, 5.74) is 6.67. The van der Waals surface area contributed by atoms with Crippen molar-refractivity contribution < 1.29 is 4.74 Å². The van der Waals surface area contributed by atoms with Crippen LogP contribution in [0.1, 0.15) is 5.56 Å². The average molecular weight is 273 g/mol. The Kier molecular flexibility index (Phi) is 5.08. The van der Waals surface area contributed by atoms with Crippen LogP contribution in [0.5, 0.6) is 5.75 Å². The monoisotopic (exact) mass is 272 g/mol. The molecule has 0 amide bonds. The van der Waals surface area contributed by atoms with Gasteiger partial charge in [0.1, 0.15) is 12.4 Å². The van der Waals surface area contributed by atoms with Gasteiger partial charge in [0.2, 0.25) is 0 Å². The molecule has 0 unspecified atom stereocenters. The predicted molar refractivity (Wildman–Crippen MR) is 66.1 cm³/mol. The van der Waals surface area contributed by atoms with Gasteiger partial charge in [0, 0.05) is 18.7 Å². The Morgan fingerprint density at radius 2 is 2.13 bits per heavy atom. The van der Waals surface area contributed by atoms with E-state index in [4.69, 9.17) is 10.5 Å². The predicted octanol–water partition coefficient (Wildman–Crippen LogP) is 1.85. The fourth-order valence-corrected chi connectivity index (χ4v) is 1.73. The molecule has 2 N–H and O–H groups in total. The largest absolute Gasteiger partial charge is 0.491 e. The van der Waals surface area contributed by atoms with Gasteiger partial charge in [-0.3, -0.25) is 0 Å². The molecule has 84 valence electrons. The number of nitrogens with two attached hydrogens (primary N) is 1. The van der Waals surface area contributed by atoms with Gasteiger partial charge < -0.3 is 15.4 Å². The molecule has 0 spiro atoms. The first-order valence-corrected chi connectivity index (χ1v) is 5.69. The van der Waals surface area contributed by atoms with E-state index in [1.54, 1.807) is 0 Å². The van der Waals surface area contributed by atoms with E-state index in [1.165, 1.54) is 0 Å². The highest BCUT2D eigenvalue weighted by Crippen LogP contribution is 2.28. The summed E-state index contributed by atoms with van der Waals surface area (Å²) in [6, 6.07) is 5.91. The van der Waals surface area contributed by atoms with Gasteiger partial charge >= 0.3 is 0 Å². The van der Waals surface area contributed by atoms with Gasteiger partial charge in [-0.15, -0.1) is 0 Å². The molecule has 0 heterocycles. The Morgan fingerprint density at radius 1 is 1.40 bits per heavy atom. The van der Waals surface area contributed by atoms with E-state index in [9.17, 15) is 0 Å². The molecule has 15 heavy (non-hydrogen) atoms. The maximum Gasteiger partial charge on any atom is 0.138 e. The van der Waals surface area contributed by atoms with Crippen molar-refractivity contribution in [1.29, 1.82) is 0 Å². The topological polar surface area (TPSA) is 38.5 Å². The number of halogens is 1. The van der Waals surface area contributed by atoms with Crippen molar-refractivity contribution in [2.75, 3.05) is 27.2 Å². The number of likely N-dealkylation sites (N-methyl/N-ethyl adjacent to an activating group) is 1. The van der Waals surface area contributed by atoms with E-state index in [0.717, 1.165) is 22.3 Å². The second-order valence-electron chi connectivity index (χ2n) is 3.58. The van der Waals surface area contributed by atoms with Crippen molar-refractivity contribution in [3.63, 3.8) is 0 Å². The van der Waals surface area contributed by atoms with Crippen LogP contribution in [0, 0.1) is 0 Å². The summed E-state index contributed by atoms with van der Waals surface area (Å²) in [7, 11) is 4.04. The molecule has 1 rings (SSSR count). The molecule has 0 fully saturated rings. The van der Waals surface area contributed by atoms with Crippen LogP contribution in [0.4, 0.5) is 0 Å². The summed E-state index contributed by atoms with van der Waals surface area (Å²) in [6.07, 6.45) is 0. The number of benzene rings is 1. The number of ether oxygens (including phenoxy) is 1. The first-order chi connectivity index (χ1) is 7.15. The van der Waals surface area contributed by atoms with Gasteiger partial charge in [0.25, 0.3) is 0 Å². The second kappa shape index (κ2) is 6.10. The molecule has 0 aliphatic heterocycles. The lowest BCUT2D eigenvalue weighted by Gasteiger charge is -2.14. The molecular weight excluding hydrogens is 256 g/mol. The van der Waals surface area contributed by atoms with Crippen LogP contribution in [0.25, 0.3) is 0 Å². The third-order valence-corrected chi connectivity index (χ3v) is 2.68. The number of rotatable bonds is 5. The fourth-order valence-electron chi connectivity index (χ4n) is 1.21. The molecule has 0 aromatic heterocycles. The van der Waals surface area contributed by atoms with Crippen molar-refractivity contribution >= 4 is 15.9 Å². The van der Waals surface area contributed by atoms with Crippen molar-refractivity contribution in [1.82, 2.24) is 4.90 Å². The third-order valence-electron chi connectivity index (χ3n) is 2.05. The summed E-state index contributed by atoms with van der Waals surface area (Å²) >= 11 is 3.46. The molecule has 0 aliphatic rings. The molecule has 1 aromatic rings. The zero-order valence-corrected chi connectivity index (χ0v) is 10.8. The summed E-state index contributed by atoms with van der Waals surface area (Å²) in [6.45, 7) is 2.06. The van der Waals surface area contributed by atoms with Crippen LogP contribution in [0.15, 0.2) is 22.7 Å². The highest BCUT2D eigenvalue weighted by Gasteiger charge is 2.06. The van der Waals surface area contributed by atoms with Gasteiger partial charge in [-0.2, -0.15) is 0 Å². The Hall–Kier alpha value is -0.580. The molecule has 0 bridgehead atoms. The average Bonchev–Trinajstić information content (AvgIpc) is 2.20. The molecule has 3 nitrogen and oxygen atoms in total. The van der Waals surface area contributed by atoms with E-state index < -0.39 is 0 Å². The molecule has 0 aliphatic carbocycles. The van der Waals surface area contributed by atoms with E-state index >= 15 is 0 Å². The van der Waals surface area contributed by atoms with E-state index in [1.807, 2.05) is 32.3 Å². The lowest BCUT2D eigenvalue weighted by molar-refractivity contribution is 0.258. The Balaban J connectivity index is 2.66. The minimum atomic E-state index is 0.497. The van der Waals surface area contributed by atoms with Gasteiger partial charge in [-0.25, -0.2) is 0 Å². The van der Waals surface area contributed by atoms with E-state index in [0.29, 0.717) is 13.2 Å². The number of para-hydroxylation sites is 1. The number of hydrogen-bond donors (Lipinski definition) is 1. The maximum absolute atomic E-state index is 5.70. The Labute approximate surface area is 99.3 Å². The van der Waals surface area contributed by atoms with Crippen LogP contribution in [0.2, 0.25) is 0 Å². The number of nitrogens with zero attached hydrogens (tertiary/aromatic N) is 1. The summed E-state index contributed by atoms with van der Waals surface area (Å²) in [4.78, 5) is 2.08. The molecule has 0 radical (unpaired) electrons. The highest BCUT2D eigenvalue weighted by atomic mass is 79.9. The van der Waals surface area contributed by atoms with Gasteiger partial charge in [-0.05, 0) is 36.1 Å². The van der Waals surface area contributed by atoms with Crippen LogP contribution >= 0.6 is 15.9 Å². The van der Waals surface area contributed by atoms with E-state index in [2.05, 4.69) is 20.8 Å². The molecule has 0 atom stereocenters. The molecule has 1 aromatic carbocycles. The number of hydrogen-bond acceptors (Lipinski definition) is 3. The normalized spacial score (nSPS) is 10.7. The molecule has 4 heteroatoms. The maximum atomic E-state index is 5.70. The first-order valence-electron chi connectivity index (χ1n) is 4.90. The van der Waals surface area contributed by atoms with Crippen LogP contribution in [-0.4, -0.2) is 32.1 Å². The standard InChI is InChI=1S/C11H17BrN2O/c1-14(2)6-7-15-11-9(8-13)4-3-5-10(11)12/h3-5H,6-8,13H2,1-2H3. The minimum Gasteiger partial charge on any atom is -0.491 e. The zero-order valence-electron chi connectivity index (χ0n) is 9.16. The van der Waals surface area contributed by atoms with E-state index in [-0.39, 0.29) is 0 Å². The van der Waals surface area contributed by atoms with Crippen molar-refractivity contribution in [3.05, 3.63) is 28.2 Å². The molecule has 0 saturated heterocycles. The summed E-state index contributed by atoms with van der Waals surface area (Å²) in [5.74, 6) is 0.863. The molecular formula is C11H17BrN2O. The van der Waals surface area contributed by atoms with Crippen molar-refractivity contribution in [2.24, 2.45) is 5.73 Å². The summed E-state index contributed by atoms with van der Waals surface area (Å²) in [5, 5.41) is 0. The van der Waals surface area contributed by atoms with Gasteiger partial charge in [0.05, 0.1) is 4.47 Å². The second-order valence-corrected chi connectivity index (χ2v) is 4.44. The van der Waals surface area contributed by atoms with Crippen LogP contribution in [0.3, 0.4) is 0 Å². The smallest absolute Gasteiger partial charge is 0.138 e. The molecule has 0 saturated carbocycles. The van der Waals surface area contributed by atoms with Crippen LogP contribution < -0.4 is 10.5 Å². The Bertz CT molecular complexity index is 315. The SMILES string of the molecule is CN(C)CCOc1c(Br)cccc1CN. The zero-order chi connectivity index (χ0) is 11.3.